The molecule has 0 aliphatic carbocycles. The number of hydrogen-bond acceptors (Lipinski definition) is 3. The van der Waals surface area contributed by atoms with E-state index in [1.54, 1.807) is 7.11 Å². The molecule has 0 aliphatic heterocycles. The molecule has 0 radical (unpaired) electrons. The number of methoxy groups -OCH3 is 1. The van der Waals surface area contributed by atoms with Gasteiger partial charge in [0.2, 0.25) is 0 Å². The Balaban J connectivity index is 2.91. The molecule has 15 heavy (non-hydrogen) atoms. The van der Waals surface area contributed by atoms with Gasteiger partial charge in [0.15, 0.2) is 0 Å². The molecule has 0 aliphatic rings. The van der Waals surface area contributed by atoms with Gasteiger partial charge in [0, 0.05) is 4.90 Å². The monoisotopic (exact) mass is 226 g/mol. The maximum atomic E-state index is 10.4. The topological polar surface area (TPSA) is 46.5 Å². The molecular weight excluding hydrogens is 212 g/mol. The van der Waals surface area contributed by atoms with Crippen molar-refractivity contribution in [2.24, 2.45) is 0 Å². The van der Waals surface area contributed by atoms with Gasteiger partial charge in [0.05, 0.1) is 12.9 Å². The van der Waals surface area contributed by atoms with Crippen LogP contribution < -0.4 is 4.74 Å². The summed E-state index contributed by atoms with van der Waals surface area (Å²) < 4.78 is 5.18. The van der Waals surface area contributed by atoms with Crippen LogP contribution in [0.3, 0.4) is 0 Å². The molecule has 0 atom stereocenters. The Morgan fingerprint density at radius 1 is 1.40 bits per heavy atom. The fraction of sp³-hybridized carbons (Fsp3) is 0.364. The van der Waals surface area contributed by atoms with Gasteiger partial charge in [-0.25, -0.2) is 0 Å². The first-order chi connectivity index (χ1) is 7.06. The van der Waals surface area contributed by atoms with Gasteiger partial charge >= 0.3 is 5.97 Å². The fourth-order valence-electron chi connectivity index (χ4n) is 1.29. The van der Waals surface area contributed by atoms with Crippen LogP contribution in [0.2, 0.25) is 0 Å². The first-order valence-corrected chi connectivity index (χ1v) is 5.53. The standard InChI is InChI=1S/C11H14O3S/c1-7-8(2)10(15-6-11(12)13)5-4-9(7)14-3/h4-5H,6H2,1-3H3,(H,12,13). The van der Waals surface area contributed by atoms with Crippen LogP contribution in [0.5, 0.6) is 5.75 Å². The van der Waals surface area contributed by atoms with Crippen LogP contribution in [0, 0.1) is 13.8 Å². The predicted octanol–water partition coefficient (Wildman–Crippen LogP) is 2.49. The van der Waals surface area contributed by atoms with Crippen LogP contribution in [0.1, 0.15) is 11.1 Å². The molecule has 0 unspecified atom stereocenters. The molecule has 0 aromatic heterocycles. The molecule has 4 heteroatoms. The number of thioether (sulfide) groups is 1. The zero-order chi connectivity index (χ0) is 11.4. The van der Waals surface area contributed by atoms with Gasteiger partial charge in [-0.2, -0.15) is 0 Å². The van der Waals surface area contributed by atoms with E-state index in [9.17, 15) is 4.79 Å². The van der Waals surface area contributed by atoms with Gasteiger partial charge in [-0.3, -0.25) is 4.79 Å². The zero-order valence-corrected chi connectivity index (χ0v) is 9.85. The first-order valence-electron chi connectivity index (χ1n) is 4.55. The van der Waals surface area contributed by atoms with Crippen LogP contribution in [0.25, 0.3) is 0 Å². The summed E-state index contributed by atoms with van der Waals surface area (Å²) in [6.45, 7) is 3.95. The molecule has 3 nitrogen and oxygen atoms in total. The van der Waals surface area contributed by atoms with Gasteiger partial charge in [-0.1, -0.05) is 0 Å². The van der Waals surface area contributed by atoms with E-state index >= 15 is 0 Å². The maximum absolute atomic E-state index is 10.4. The number of hydrogen-bond donors (Lipinski definition) is 1. The molecule has 0 fully saturated rings. The van der Waals surface area contributed by atoms with Gasteiger partial charge in [-0.05, 0) is 37.1 Å². The van der Waals surface area contributed by atoms with Crippen molar-refractivity contribution in [2.45, 2.75) is 18.7 Å². The Kier molecular flexibility index (Phi) is 4.03. The molecule has 1 N–H and O–H groups in total. The molecule has 1 rings (SSSR count). The number of carbonyl (C=O) groups is 1. The van der Waals surface area contributed by atoms with Crippen molar-refractivity contribution in [3.63, 3.8) is 0 Å². The lowest BCUT2D eigenvalue weighted by Gasteiger charge is -2.11. The van der Waals surface area contributed by atoms with E-state index in [0.29, 0.717) is 0 Å². The van der Waals surface area contributed by atoms with Gasteiger partial charge in [0.1, 0.15) is 5.75 Å². The van der Waals surface area contributed by atoms with E-state index in [2.05, 4.69) is 0 Å². The molecule has 0 heterocycles. The van der Waals surface area contributed by atoms with E-state index in [1.807, 2.05) is 26.0 Å². The van der Waals surface area contributed by atoms with Crippen LogP contribution >= 0.6 is 11.8 Å². The minimum atomic E-state index is -0.798. The number of aliphatic carboxylic acids is 1. The number of carboxylic acid groups (broad SMARTS) is 1. The van der Waals surface area contributed by atoms with Crippen LogP contribution in [-0.4, -0.2) is 23.9 Å². The third-order valence-electron chi connectivity index (χ3n) is 2.26. The van der Waals surface area contributed by atoms with Crippen molar-refractivity contribution in [3.05, 3.63) is 23.3 Å². The van der Waals surface area contributed by atoms with E-state index in [4.69, 9.17) is 9.84 Å². The number of benzene rings is 1. The lowest BCUT2D eigenvalue weighted by atomic mass is 10.1. The lowest BCUT2D eigenvalue weighted by molar-refractivity contribution is -0.133. The molecule has 0 spiro atoms. The van der Waals surface area contributed by atoms with Crippen LogP contribution in [0.4, 0.5) is 0 Å². The summed E-state index contributed by atoms with van der Waals surface area (Å²) in [5, 5.41) is 8.59. The minimum absolute atomic E-state index is 0.0899. The highest BCUT2D eigenvalue weighted by molar-refractivity contribution is 8.00. The Labute approximate surface area is 93.4 Å². The predicted molar refractivity (Wildman–Crippen MR) is 60.8 cm³/mol. The smallest absolute Gasteiger partial charge is 0.313 e. The van der Waals surface area contributed by atoms with Gasteiger partial charge in [-0.15, -0.1) is 11.8 Å². The number of ether oxygens (including phenoxy) is 1. The molecule has 0 amide bonds. The van der Waals surface area contributed by atoms with Crippen molar-refractivity contribution in [1.82, 2.24) is 0 Å². The zero-order valence-electron chi connectivity index (χ0n) is 9.03. The van der Waals surface area contributed by atoms with Crippen molar-refractivity contribution >= 4 is 17.7 Å². The van der Waals surface area contributed by atoms with E-state index in [1.165, 1.54) is 11.8 Å². The highest BCUT2D eigenvalue weighted by Crippen LogP contribution is 2.30. The molecule has 0 bridgehead atoms. The average molecular weight is 226 g/mol. The van der Waals surface area contributed by atoms with E-state index < -0.39 is 5.97 Å². The van der Waals surface area contributed by atoms with Crippen molar-refractivity contribution in [1.29, 1.82) is 0 Å². The summed E-state index contributed by atoms with van der Waals surface area (Å²) in [5.41, 5.74) is 2.15. The van der Waals surface area contributed by atoms with Crippen molar-refractivity contribution in [2.75, 3.05) is 12.9 Å². The largest absolute Gasteiger partial charge is 0.496 e. The SMILES string of the molecule is COc1ccc(SCC(=O)O)c(C)c1C. The fourth-order valence-corrected chi connectivity index (χ4v) is 2.10. The second-order valence-corrected chi connectivity index (χ2v) is 4.22. The lowest BCUT2D eigenvalue weighted by Crippen LogP contribution is -1.99. The van der Waals surface area contributed by atoms with Gasteiger partial charge in [0.25, 0.3) is 0 Å². The molecule has 1 aromatic carbocycles. The van der Waals surface area contributed by atoms with Crippen LogP contribution in [0.15, 0.2) is 17.0 Å². The molecular formula is C11H14O3S. The third-order valence-corrected chi connectivity index (χ3v) is 3.40. The summed E-state index contributed by atoms with van der Waals surface area (Å²) >= 11 is 1.33. The molecule has 82 valence electrons. The summed E-state index contributed by atoms with van der Waals surface area (Å²) in [6, 6.07) is 3.77. The first kappa shape index (κ1) is 11.9. The Hall–Kier alpha value is -1.16. The maximum Gasteiger partial charge on any atom is 0.313 e. The molecule has 1 aromatic rings. The third kappa shape index (κ3) is 2.89. The Morgan fingerprint density at radius 2 is 2.07 bits per heavy atom. The highest BCUT2D eigenvalue weighted by Gasteiger charge is 2.08. The van der Waals surface area contributed by atoms with Gasteiger partial charge < -0.3 is 9.84 Å². The van der Waals surface area contributed by atoms with Crippen molar-refractivity contribution in [3.8, 4) is 5.75 Å². The number of rotatable bonds is 4. The molecule has 0 saturated heterocycles. The Bertz CT molecular complexity index is 374. The second-order valence-electron chi connectivity index (χ2n) is 3.20. The van der Waals surface area contributed by atoms with E-state index in [-0.39, 0.29) is 5.75 Å². The summed E-state index contributed by atoms with van der Waals surface area (Å²) in [7, 11) is 1.63. The highest BCUT2D eigenvalue weighted by atomic mass is 32.2. The second kappa shape index (κ2) is 5.07. The minimum Gasteiger partial charge on any atom is -0.496 e. The van der Waals surface area contributed by atoms with Crippen LogP contribution in [-0.2, 0) is 4.79 Å². The normalized spacial score (nSPS) is 10.1. The Morgan fingerprint density at radius 3 is 2.60 bits per heavy atom. The summed E-state index contributed by atoms with van der Waals surface area (Å²) in [6.07, 6.45) is 0. The van der Waals surface area contributed by atoms with E-state index in [0.717, 1.165) is 21.8 Å². The number of carboxylic acids is 1. The van der Waals surface area contributed by atoms with Crippen molar-refractivity contribution < 1.29 is 14.6 Å². The quantitative estimate of drug-likeness (QED) is 0.801. The average Bonchev–Trinajstić information content (AvgIpc) is 2.20. The summed E-state index contributed by atoms with van der Waals surface area (Å²) in [4.78, 5) is 11.4. The molecule has 0 saturated carbocycles. The summed E-state index contributed by atoms with van der Waals surface area (Å²) in [5.74, 6) is 0.132.